The zero-order valence-corrected chi connectivity index (χ0v) is 21.3. The van der Waals surface area contributed by atoms with Crippen LogP contribution in [0.5, 0.6) is 0 Å². The summed E-state index contributed by atoms with van der Waals surface area (Å²) in [5.41, 5.74) is 12.5. The number of aryl methyl sites for hydroxylation is 2. The third-order valence-electron chi connectivity index (χ3n) is 7.78. The van der Waals surface area contributed by atoms with E-state index in [0.717, 1.165) is 64.1 Å². The highest BCUT2D eigenvalue weighted by atomic mass is 32.1. The zero-order chi connectivity index (χ0) is 24.7. The maximum atomic E-state index is 13.3. The number of hydrogen-bond acceptors (Lipinski definition) is 5. The number of rotatable bonds is 6. The first kappa shape index (κ1) is 23.6. The van der Waals surface area contributed by atoms with E-state index < -0.39 is 0 Å². The number of carbonyl (C=O) groups is 2. The maximum absolute atomic E-state index is 13.3. The van der Waals surface area contributed by atoms with Gasteiger partial charge < -0.3 is 15.8 Å². The molecule has 1 spiro atoms. The Bertz CT molecular complexity index is 1270. The number of methoxy groups -OCH3 is 1. The number of benzene rings is 2. The van der Waals surface area contributed by atoms with E-state index in [9.17, 15) is 9.59 Å². The van der Waals surface area contributed by atoms with Gasteiger partial charge in [0.1, 0.15) is 0 Å². The molecule has 0 unspecified atom stereocenters. The Morgan fingerprint density at radius 2 is 1.77 bits per heavy atom. The van der Waals surface area contributed by atoms with Crippen molar-refractivity contribution in [2.45, 2.75) is 52.0 Å². The molecule has 35 heavy (non-hydrogen) atoms. The molecule has 2 fully saturated rings. The number of carbonyl (C=O) groups excluding carboxylic acids is 2. The first-order valence-corrected chi connectivity index (χ1v) is 13.0. The number of thiophene rings is 1. The second-order valence-electron chi connectivity index (χ2n) is 10.2. The Hall–Kier alpha value is -3.12. The van der Waals surface area contributed by atoms with Crippen molar-refractivity contribution in [3.63, 3.8) is 0 Å². The fourth-order valence-corrected chi connectivity index (χ4v) is 7.12. The van der Waals surface area contributed by atoms with Crippen LogP contribution in [0.25, 0.3) is 11.1 Å². The van der Waals surface area contributed by atoms with Crippen molar-refractivity contribution in [2.24, 2.45) is 11.3 Å². The van der Waals surface area contributed by atoms with Gasteiger partial charge in [0.15, 0.2) is 0 Å². The Morgan fingerprint density at radius 3 is 2.43 bits per heavy atom. The van der Waals surface area contributed by atoms with E-state index in [1.807, 2.05) is 31.2 Å². The maximum Gasteiger partial charge on any atom is 0.308 e. The summed E-state index contributed by atoms with van der Waals surface area (Å²) in [4.78, 5) is 27.3. The van der Waals surface area contributed by atoms with Gasteiger partial charge in [0.25, 0.3) is 5.91 Å². The molecule has 2 saturated carbocycles. The van der Waals surface area contributed by atoms with Crippen LogP contribution in [0, 0.1) is 25.2 Å². The van der Waals surface area contributed by atoms with E-state index in [1.54, 1.807) is 11.3 Å². The van der Waals surface area contributed by atoms with E-state index in [0.29, 0.717) is 6.42 Å². The summed E-state index contributed by atoms with van der Waals surface area (Å²) < 4.78 is 4.86. The number of ether oxygens (including phenoxy) is 1. The molecule has 2 aliphatic carbocycles. The fourth-order valence-electron chi connectivity index (χ4n) is 6.04. The molecule has 0 atom stereocenters. The third kappa shape index (κ3) is 4.47. The van der Waals surface area contributed by atoms with E-state index >= 15 is 0 Å². The summed E-state index contributed by atoms with van der Waals surface area (Å²) in [6, 6.07) is 16.5. The average molecular weight is 489 g/mol. The average Bonchev–Trinajstić information content (AvgIpc) is 3.07. The molecule has 0 bridgehead atoms. The Morgan fingerprint density at radius 1 is 1.06 bits per heavy atom. The van der Waals surface area contributed by atoms with Crippen molar-refractivity contribution in [1.29, 1.82) is 0 Å². The Kier molecular flexibility index (Phi) is 6.18. The van der Waals surface area contributed by atoms with Gasteiger partial charge in [-0.3, -0.25) is 9.59 Å². The van der Waals surface area contributed by atoms with Gasteiger partial charge in [-0.2, -0.15) is 0 Å². The largest absolute Gasteiger partial charge is 0.469 e. The third-order valence-corrected chi connectivity index (χ3v) is 8.84. The number of nitrogens with one attached hydrogen (secondary N) is 1. The van der Waals surface area contributed by atoms with E-state index in [4.69, 9.17) is 10.5 Å². The van der Waals surface area contributed by atoms with Crippen molar-refractivity contribution < 1.29 is 14.3 Å². The van der Waals surface area contributed by atoms with Gasteiger partial charge in [0.05, 0.1) is 18.6 Å². The summed E-state index contributed by atoms with van der Waals surface area (Å²) >= 11 is 1.68. The minimum atomic E-state index is -0.102. The van der Waals surface area contributed by atoms with E-state index in [1.165, 1.54) is 12.0 Å². The van der Waals surface area contributed by atoms with Crippen LogP contribution in [0.1, 0.15) is 56.9 Å². The molecule has 1 aromatic heterocycles. The lowest BCUT2D eigenvalue weighted by molar-refractivity contribution is -0.159. The molecule has 1 amide bonds. The highest BCUT2D eigenvalue weighted by Crippen LogP contribution is 2.59. The normalized spacial score (nSPS) is 22.8. The van der Waals surface area contributed by atoms with Gasteiger partial charge in [-0.05, 0) is 74.1 Å². The lowest BCUT2D eigenvalue weighted by Gasteiger charge is -2.56. The Balaban J connectivity index is 1.27. The highest BCUT2D eigenvalue weighted by molar-refractivity contribution is 7.12. The number of esters is 1. The molecular weight excluding hydrogens is 456 g/mol. The standard InChI is InChI=1S/C29H32N2O3S/c1-17-24(11-19-9-10-23(25(30)12-19)20-7-5-4-6-8-20)26(18(2)35-17)27(32)31-22-15-29(16-22)13-21(14-29)28(33)34-3/h4-10,12,21-22H,11,13-16,30H2,1-3H3,(H,31,32). The topological polar surface area (TPSA) is 81.4 Å². The van der Waals surface area contributed by atoms with Crippen LogP contribution in [0.3, 0.4) is 0 Å². The molecule has 5 rings (SSSR count). The molecule has 6 heteroatoms. The highest BCUT2D eigenvalue weighted by Gasteiger charge is 2.55. The van der Waals surface area contributed by atoms with Gasteiger partial charge in [-0.15, -0.1) is 11.3 Å². The van der Waals surface area contributed by atoms with Gasteiger partial charge in [-0.25, -0.2) is 0 Å². The molecule has 2 aromatic carbocycles. The number of nitrogens with two attached hydrogens (primary N) is 1. The molecule has 182 valence electrons. The predicted octanol–water partition coefficient (Wildman–Crippen LogP) is 5.67. The van der Waals surface area contributed by atoms with Crippen LogP contribution in [0.15, 0.2) is 48.5 Å². The van der Waals surface area contributed by atoms with Gasteiger partial charge >= 0.3 is 5.97 Å². The minimum absolute atomic E-state index is 0.0134. The number of nitrogen functional groups attached to an aromatic ring is 1. The van der Waals surface area contributed by atoms with Crippen molar-refractivity contribution in [1.82, 2.24) is 5.32 Å². The van der Waals surface area contributed by atoms with E-state index in [-0.39, 0.29) is 29.3 Å². The quantitative estimate of drug-likeness (QED) is 0.346. The van der Waals surface area contributed by atoms with Crippen molar-refractivity contribution in [2.75, 3.05) is 12.8 Å². The number of amides is 1. The van der Waals surface area contributed by atoms with Crippen LogP contribution >= 0.6 is 11.3 Å². The molecular formula is C29H32N2O3S. The Labute approximate surface area is 210 Å². The molecule has 2 aliphatic rings. The fraction of sp³-hybridized carbons (Fsp3) is 0.379. The molecule has 5 nitrogen and oxygen atoms in total. The van der Waals surface area contributed by atoms with Crippen LogP contribution < -0.4 is 11.1 Å². The second kappa shape index (κ2) is 9.15. The van der Waals surface area contributed by atoms with Gasteiger partial charge in [0, 0.05) is 27.0 Å². The lowest BCUT2D eigenvalue weighted by atomic mass is 9.50. The molecule has 0 saturated heterocycles. The SMILES string of the molecule is COC(=O)C1CC2(CC(NC(=O)c3c(C)sc(C)c3Cc3ccc(-c4ccccc4)c(N)c3)C2)C1. The van der Waals surface area contributed by atoms with Crippen LogP contribution in [-0.2, 0) is 16.0 Å². The van der Waals surface area contributed by atoms with Gasteiger partial charge in [-0.1, -0.05) is 42.5 Å². The van der Waals surface area contributed by atoms with E-state index in [2.05, 4.69) is 36.5 Å². The minimum Gasteiger partial charge on any atom is -0.469 e. The van der Waals surface area contributed by atoms with Crippen molar-refractivity contribution >= 4 is 28.9 Å². The molecule has 3 aromatic rings. The summed E-state index contributed by atoms with van der Waals surface area (Å²) in [6.07, 6.45) is 4.33. The number of hydrogen-bond donors (Lipinski definition) is 2. The predicted molar refractivity (Wildman–Crippen MR) is 141 cm³/mol. The monoisotopic (exact) mass is 488 g/mol. The molecule has 0 aliphatic heterocycles. The number of anilines is 1. The zero-order valence-electron chi connectivity index (χ0n) is 20.5. The van der Waals surface area contributed by atoms with Crippen LogP contribution in [0.2, 0.25) is 0 Å². The first-order chi connectivity index (χ1) is 16.8. The summed E-state index contributed by atoms with van der Waals surface area (Å²) in [5, 5.41) is 3.26. The second-order valence-corrected chi connectivity index (χ2v) is 11.7. The molecule has 0 radical (unpaired) electrons. The van der Waals surface area contributed by atoms with Crippen molar-refractivity contribution in [3.05, 3.63) is 75.0 Å². The smallest absolute Gasteiger partial charge is 0.308 e. The van der Waals surface area contributed by atoms with Crippen LogP contribution in [0.4, 0.5) is 5.69 Å². The summed E-state index contributed by atoms with van der Waals surface area (Å²) in [6.45, 7) is 4.11. The first-order valence-electron chi connectivity index (χ1n) is 12.2. The van der Waals surface area contributed by atoms with Gasteiger partial charge in [0.2, 0.25) is 0 Å². The van der Waals surface area contributed by atoms with Crippen LogP contribution in [-0.4, -0.2) is 25.0 Å². The summed E-state index contributed by atoms with van der Waals surface area (Å²) in [5.74, 6) is -0.0558. The van der Waals surface area contributed by atoms with Crippen molar-refractivity contribution in [3.8, 4) is 11.1 Å². The molecule has 1 heterocycles. The summed E-state index contributed by atoms with van der Waals surface area (Å²) in [7, 11) is 1.45. The lowest BCUT2D eigenvalue weighted by Crippen LogP contribution is -2.57. The molecule has 3 N–H and O–H groups in total.